The Morgan fingerprint density at radius 2 is 1.59 bits per heavy atom. The highest BCUT2D eigenvalue weighted by Gasteiger charge is 2.19. The Kier molecular flexibility index (Phi) is 9.40. The summed E-state index contributed by atoms with van der Waals surface area (Å²) in [6.45, 7) is 25.0. The number of rotatable bonds is 9. The van der Waals surface area contributed by atoms with E-state index in [2.05, 4.69) is 55.1 Å². The number of nitrogens with one attached hydrogen (secondary N) is 1. The van der Waals surface area contributed by atoms with E-state index in [0.29, 0.717) is 11.5 Å². The Labute approximate surface area is 166 Å². The van der Waals surface area contributed by atoms with Crippen molar-refractivity contribution in [1.29, 1.82) is 0 Å². The van der Waals surface area contributed by atoms with Crippen LogP contribution in [0, 0.1) is 5.92 Å². The Hall–Kier alpha value is -1.97. The molecule has 0 unspecified atom stereocenters. The Balaban J connectivity index is 2.66. The van der Waals surface area contributed by atoms with Crippen LogP contribution in [0.1, 0.15) is 48.0 Å². The van der Waals surface area contributed by atoms with E-state index < -0.39 is 0 Å². The zero-order valence-corrected chi connectivity index (χ0v) is 18.2. The van der Waals surface area contributed by atoms with Gasteiger partial charge in [-0.05, 0) is 56.4 Å². The largest absolute Gasteiger partial charge is 0.385 e. The van der Waals surface area contributed by atoms with Crippen LogP contribution < -0.4 is 5.32 Å². The zero-order chi connectivity index (χ0) is 20.6. The van der Waals surface area contributed by atoms with Gasteiger partial charge in [0.2, 0.25) is 0 Å². The quantitative estimate of drug-likeness (QED) is 0.546. The molecule has 1 fully saturated rings. The second kappa shape index (κ2) is 11.0. The van der Waals surface area contributed by atoms with Crippen molar-refractivity contribution in [1.82, 2.24) is 15.1 Å². The van der Waals surface area contributed by atoms with Crippen molar-refractivity contribution >= 4 is 0 Å². The molecule has 1 heterocycles. The summed E-state index contributed by atoms with van der Waals surface area (Å²) < 4.78 is 14.0. The summed E-state index contributed by atoms with van der Waals surface area (Å²) in [4.78, 5) is 4.64. The van der Waals surface area contributed by atoms with E-state index in [1.165, 1.54) is 5.70 Å². The fourth-order valence-electron chi connectivity index (χ4n) is 2.95. The molecule has 4 heteroatoms. The van der Waals surface area contributed by atoms with Gasteiger partial charge in [-0.15, -0.1) is 0 Å². The van der Waals surface area contributed by atoms with Crippen molar-refractivity contribution in [2.24, 2.45) is 5.92 Å². The third kappa shape index (κ3) is 7.66. The Morgan fingerprint density at radius 1 is 1.04 bits per heavy atom. The Morgan fingerprint density at radius 3 is 2.07 bits per heavy atom. The molecule has 0 saturated carbocycles. The summed E-state index contributed by atoms with van der Waals surface area (Å²) in [5.41, 5.74) is 4.80. The first-order valence-corrected chi connectivity index (χ1v) is 9.99. The second-order valence-electron chi connectivity index (χ2n) is 7.88. The number of nitrogens with zero attached hydrogens (tertiary/aromatic N) is 2. The minimum absolute atomic E-state index is 0.155. The van der Waals surface area contributed by atoms with Crippen molar-refractivity contribution in [3.05, 3.63) is 59.4 Å². The van der Waals surface area contributed by atoms with Crippen LogP contribution in [-0.2, 0) is 0 Å². The second-order valence-corrected chi connectivity index (χ2v) is 7.88. The van der Waals surface area contributed by atoms with E-state index in [1.807, 2.05) is 6.92 Å². The standard InChI is InChI=1S/C23H38FN3/c1-9-22(15-23(24)18(4)5)21(8)27-12-10-26(11-13-27)20(7)14-19(6)25-16-17(2)3/h14-15,17,25H,6,8-13,16H2,1-5,7H3/b20-14+,22-15+. The van der Waals surface area contributed by atoms with Crippen molar-refractivity contribution < 1.29 is 4.39 Å². The normalized spacial score (nSPS) is 15.9. The van der Waals surface area contributed by atoms with Gasteiger partial charge in [-0.2, -0.15) is 0 Å². The van der Waals surface area contributed by atoms with Gasteiger partial charge >= 0.3 is 0 Å². The van der Waals surface area contributed by atoms with Crippen molar-refractivity contribution in [3.63, 3.8) is 0 Å². The first-order valence-electron chi connectivity index (χ1n) is 9.99. The molecular weight excluding hydrogens is 337 g/mol. The van der Waals surface area contributed by atoms with Crippen LogP contribution in [0.25, 0.3) is 0 Å². The van der Waals surface area contributed by atoms with Gasteiger partial charge < -0.3 is 15.1 Å². The van der Waals surface area contributed by atoms with E-state index in [0.717, 1.165) is 56.1 Å². The summed E-state index contributed by atoms with van der Waals surface area (Å²) in [6, 6.07) is 0. The predicted molar refractivity (Wildman–Crippen MR) is 116 cm³/mol. The first kappa shape index (κ1) is 23.1. The van der Waals surface area contributed by atoms with E-state index in [-0.39, 0.29) is 5.83 Å². The summed E-state index contributed by atoms with van der Waals surface area (Å²) in [5, 5.41) is 3.36. The van der Waals surface area contributed by atoms with Crippen molar-refractivity contribution in [2.75, 3.05) is 32.7 Å². The third-order valence-corrected chi connectivity index (χ3v) is 4.81. The monoisotopic (exact) mass is 375 g/mol. The van der Waals surface area contributed by atoms with Crippen LogP contribution in [0.4, 0.5) is 4.39 Å². The number of hydrogen-bond acceptors (Lipinski definition) is 3. The molecule has 3 nitrogen and oxygen atoms in total. The maximum absolute atomic E-state index is 14.0. The average Bonchev–Trinajstić information content (AvgIpc) is 2.63. The number of allylic oxidation sites excluding steroid dienone is 6. The average molecular weight is 376 g/mol. The summed E-state index contributed by atoms with van der Waals surface area (Å²) >= 11 is 0. The van der Waals surface area contributed by atoms with Gasteiger partial charge in [0.1, 0.15) is 5.83 Å². The van der Waals surface area contributed by atoms with Crippen LogP contribution in [0.15, 0.2) is 59.4 Å². The lowest BCUT2D eigenvalue weighted by molar-refractivity contribution is 0.194. The van der Waals surface area contributed by atoms with Crippen LogP contribution in [0.5, 0.6) is 0 Å². The van der Waals surface area contributed by atoms with Gasteiger partial charge in [-0.25, -0.2) is 4.39 Å². The van der Waals surface area contributed by atoms with Crippen molar-refractivity contribution in [3.8, 4) is 0 Å². The lowest BCUT2D eigenvalue weighted by Crippen LogP contribution is -2.45. The molecule has 0 aliphatic carbocycles. The van der Waals surface area contributed by atoms with Crippen LogP contribution in [0.3, 0.4) is 0 Å². The highest BCUT2D eigenvalue weighted by atomic mass is 19.1. The molecule has 0 atom stereocenters. The molecule has 0 amide bonds. The summed E-state index contributed by atoms with van der Waals surface area (Å²) in [7, 11) is 0. The molecule has 0 aromatic carbocycles. The molecule has 0 bridgehead atoms. The lowest BCUT2D eigenvalue weighted by Gasteiger charge is -2.39. The molecule has 27 heavy (non-hydrogen) atoms. The molecule has 0 aromatic heterocycles. The Bertz CT molecular complexity index is 614. The van der Waals surface area contributed by atoms with Gasteiger partial charge in [0, 0.05) is 49.8 Å². The molecule has 1 saturated heterocycles. The van der Waals surface area contributed by atoms with E-state index in [1.54, 1.807) is 19.9 Å². The number of hydrogen-bond donors (Lipinski definition) is 1. The summed E-state index contributed by atoms with van der Waals surface area (Å²) in [6.07, 6.45) is 4.54. The van der Waals surface area contributed by atoms with Crippen LogP contribution >= 0.6 is 0 Å². The summed E-state index contributed by atoms with van der Waals surface area (Å²) in [5.74, 6) is 0.444. The highest BCUT2D eigenvalue weighted by Crippen LogP contribution is 2.23. The topological polar surface area (TPSA) is 18.5 Å². The minimum Gasteiger partial charge on any atom is -0.385 e. The van der Waals surface area contributed by atoms with E-state index in [9.17, 15) is 4.39 Å². The van der Waals surface area contributed by atoms with Crippen molar-refractivity contribution in [2.45, 2.75) is 48.0 Å². The van der Waals surface area contributed by atoms with Gasteiger partial charge in [0.05, 0.1) is 0 Å². The van der Waals surface area contributed by atoms with Crippen LogP contribution in [0.2, 0.25) is 0 Å². The van der Waals surface area contributed by atoms with Gasteiger partial charge in [0.15, 0.2) is 0 Å². The van der Waals surface area contributed by atoms with Gasteiger partial charge in [0.25, 0.3) is 0 Å². The molecule has 152 valence electrons. The fourth-order valence-corrected chi connectivity index (χ4v) is 2.95. The molecule has 1 rings (SSSR count). The number of piperazine rings is 1. The molecule has 0 radical (unpaired) electrons. The predicted octanol–water partition coefficient (Wildman–Crippen LogP) is 5.38. The smallest absolute Gasteiger partial charge is 0.122 e. The molecular formula is C23H38FN3. The molecule has 1 aliphatic heterocycles. The van der Waals surface area contributed by atoms with Gasteiger partial charge in [-0.3, -0.25) is 0 Å². The van der Waals surface area contributed by atoms with Crippen LogP contribution in [-0.4, -0.2) is 42.5 Å². The third-order valence-electron chi connectivity index (χ3n) is 4.81. The highest BCUT2D eigenvalue weighted by molar-refractivity contribution is 5.34. The maximum atomic E-state index is 14.0. The first-order chi connectivity index (χ1) is 12.6. The number of halogens is 1. The van der Waals surface area contributed by atoms with E-state index >= 15 is 0 Å². The van der Waals surface area contributed by atoms with Gasteiger partial charge in [-0.1, -0.05) is 33.9 Å². The lowest BCUT2D eigenvalue weighted by atomic mass is 10.1. The molecule has 0 aromatic rings. The fraction of sp³-hybridized carbons (Fsp3) is 0.565. The molecule has 0 spiro atoms. The zero-order valence-electron chi connectivity index (χ0n) is 18.2. The molecule has 1 aliphatic rings. The maximum Gasteiger partial charge on any atom is 0.122 e. The minimum atomic E-state index is -0.155. The SMILES string of the molecule is C=C(/C=C(\C)N1CCN(C(=C)/C(=C/C(F)=C(C)C)CC)CC1)NCC(C)C. The van der Waals surface area contributed by atoms with E-state index in [4.69, 9.17) is 0 Å². The molecule has 1 N–H and O–H groups in total.